The molecule has 1 aromatic rings. The van der Waals surface area contributed by atoms with Crippen molar-refractivity contribution < 1.29 is 9.90 Å². The van der Waals surface area contributed by atoms with Gasteiger partial charge < -0.3 is 10.0 Å². The van der Waals surface area contributed by atoms with Gasteiger partial charge in [0.05, 0.1) is 22.9 Å². The van der Waals surface area contributed by atoms with Crippen LogP contribution < -0.4 is 0 Å². The maximum Gasteiger partial charge on any atom is 0.255 e. The summed E-state index contributed by atoms with van der Waals surface area (Å²) in [7, 11) is 0. The predicted molar refractivity (Wildman–Crippen MR) is 72.6 cm³/mol. The van der Waals surface area contributed by atoms with Gasteiger partial charge in [-0.2, -0.15) is 5.26 Å². The van der Waals surface area contributed by atoms with Crippen molar-refractivity contribution in [1.82, 2.24) is 4.90 Å². The Hall–Kier alpha value is -1.82. The number of aliphatic hydroxyl groups excluding tert-OH is 1. The Morgan fingerprint density at radius 2 is 2.37 bits per heavy atom. The van der Waals surface area contributed by atoms with Gasteiger partial charge in [-0.3, -0.25) is 4.79 Å². The zero-order chi connectivity index (χ0) is 13.7. The number of hydrogen-bond donors (Lipinski definition) is 1. The molecule has 0 aliphatic heterocycles. The van der Waals surface area contributed by atoms with E-state index in [9.17, 15) is 4.79 Å². The average Bonchev–Trinajstić information content (AvgIpc) is 3.14. The number of amides is 1. The highest BCUT2D eigenvalue weighted by atomic mass is 32.1. The number of carbonyl (C=O) groups is 1. The van der Waals surface area contributed by atoms with Crippen molar-refractivity contribution in [2.45, 2.75) is 25.3 Å². The van der Waals surface area contributed by atoms with E-state index in [1.54, 1.807) is 16.3 Å². The largest absolute Gasteiger partial charge is 0.384 e. The Kier molecular flexibility index (Phi) is 4.57. The van der Waals surface area contributed by atoms with Crippen LogP contribution in [0.1, 0.15) is 34.5 Å². The van der Waals surface area contributed by atoms with Crippen LogP contribution >= 0.6 is 11.3 Å². The molecule has 4 nitrogen and oxygen atoms in total. The smallest absolute Gasteiger partial charge is 0.255 e. The van der Waals surface area contributed by atoms with Crippen LogP contribution in [0, 0.1) is 23.2 Å². The Bertz CT molecular complexity index is 558. The summed E-state index contributed by atoms with van der Waals surface area (Å²) < 4.78 is 0. The molecule has 0 atom stereocenters. The second-order valence-electron chi connectivity index (χ2n) is 4.30. The highest BCUT2D eigenvalue weighted by molar-refractivity contribution is 7.10. The van der Waals surface area contributed by atoms with Crippen molar-refractivity contribution >= 4 is 17.2 Å². The molecule has 1 N–H and O–H groups in total. The van der Waals surface area contributed by atoms with Gasteiger partial charge in [0.1, 0.15) is 6.61 Å². The molecule has 0 aromatic carbocycles. The van der Waals surface area contributed by atoms with E-state index < -0.39 is 0 Å². The van der Waals surface area contributed by atoms with E-state index >= 15 is 0 Å². The fourth-order valence-electron chi connectivity index (χ4n) is 1.81. The zero-order valence-corrected chi connectivity index (χ0v) is 11.2. The first-order chi connectivity index (χ1) is 9.26. The molecular formula is C14H14N2O2S. The molecule has 0 bridgehead atoms. The lowest BCUT2D eigenvalue weighted by Gasteiger charge is -2.20. The molecule has 1 amide bonds. The summed E-state index contributed by atoms with van der Waals surface area (Å²) in [5.41, 5.74) is 0.622. The maximum absolute atomic E-state index is 12.3. The third-order valence-electron chi connectivity index (χ3n) is 2.85. The summed E-state index contributed by atoms with van der Waals surface area (Å²) >= 11 is 1.39. The summed E-state index contributed by atoms with van der Waals surface area (Å²) in [5, 5.41) is 19.1. The van der Waals surface area contributed by atoms with E-state index in [1.807, 2.05) is 0 Å². The van der Waals surface area contributed by atoms with Crippen molar-refractivity contribution in [3.8, 4) is 17.9 Å². The Labute approximate surface area is 116 Å². The lowest BCUT2D eigenvalue weighted by Crippen LogP contribution is -2.33. The topological polar surface area (TPSA) is 64.3 Å². The minimum atomic E-state index is -0.183. The van der Waals surface area contributed by atoms with Crippen LogP contribution in [0.4, 0.5) is 0 Å². The Morgan fingerprint density at radius 3 is 3.00 bits per heavy atom. The third-order valence-corrected chi connectivity index (χ3v) is 3.70. The highest BCUT2D eigenvalue weighted by Gasteiger charge is 2.32. The summed E-state index contributed by atoms with van der Waals surface area (Å²) in [4.78, 5) is 14.9. The molecular weight excluding hydrogens is 260 g/mol. The van der Waals surface area contributed by atoms with Gasteiger partial charge in [0.25, 0.3) is 5.91 Å². The van der Waals surface area contributed by atoms with Crippen molar-refractivity contribution in [2.75, 3.05) is 13.2 Å². The van der Waals surface area contributed by atoms with Gasteiger partial charge >= 0.3 is 0 Å². The normalized spacial score (nSPS) is 13.3. The molecule has 1 fully saturated rings. The molecule has 1 aromatic heterocycles. The number of carbonyl (C=O) groups excluding carboxylic acids is 1. The molecule has 0 saturated heterocycles. The molecule has 98 valence electrons. The Morgan fingerprint density at radius 1 is 1.58 bits per heavy atom. The van der Waals surface area contributed by atoms with E-state index in [1.165, 1.54) is 11.3 Å². The molecule has 0 radical (unpaired) electrons. The molecule has 5 heteroatoms. The fraction of sp³-hybridized carbons (Fsp3) is 0.429. The molecule has 19 heavy (non-hydrogen) atoms. The van der Waals surface area contributed by atoms with Crippen LogP contribution in [0.2, 0.25) is 0 Å². The quantitative estimate of drug-likeness (QED) is 0.848. The van der Waals surface area contributed by atoms with E-state index in [4.69, 9.17) is 10.4 Å². The van der Waals surface area contributed by atoms with Crippen molar-refractivity contribution in [3.05, 3.63) is 21.9 Å². The minimum Gasteiger partial charge on any atom is -0.384 e. The maximum atomic E-state index is 12.3. The van der Waals surface area contributed by atoms with Gasteiger partial charge in [-0.1, -0.05) is 11.8 Å². The van der Waals surface area contributed by atoms with Gasteiger partial charge in [-0.05, 0) is 18.9 Å². The summed E-state index contributed by atoms with van der Waals surface area (Å²) in [5.74, 6) is 5.33. The van der Waals surface area contributed by atoms with Crippen LogP contribution in [0.5, 0.6) is 0 Å². The van der Waals surface area contributed by atoms with Crippen molar-refractivity contribution in [2.24, 2.45) is 0 Å². The van der Waals surface area contributed by atoms with Crippen molar-refractivity contribution in [3.63, 3.8) is 0 Å². The highest BCUT2D eigenvalue weighted by Crippen LogP contribution is 2.29. The average molecular weight is 274 g/mol. The molecule has 1 saturated carbocycles. The number of rotatable bonds is 4. The van der Waals surface area contributed by atoms with E-state index in [-0.39, 0.29) is 12.5 Å². The second kappa shape index (κ2) is 6.38. The van der Waals surface area contributed by atoms with Crippen LogP contribution in [-0.4, -0.2) is 35.1 Å². The Balaban J connectivity index is 2.08. The number of aliphatic hydroxyl groups is 1. The van der Waals surface area contributed by atoms with E-state index in [0.29, 0.717) is 24.6 Å². The van der Waals surface area contributed by atoms with Gasteiger partial charge in [0.15, 0.2) is 0 Å². The molecule has 1 heterocycles. The van der Waals surface area contributed by atoms with Crippen LogP contribution in [0.25, 0.3) is 0 Å². The molecule has 0 unspecified atom stereocenters. The predicted octanol–water partition coefficient (Wildman–Crippen LogP) is 1.61. The lowest BCUT2D eigenvalue weighted by molar-refractivity contribution is 0.0747. The number of hydrogen-bond acceptors (Lipinski definition) is 4. The summed E-state index contributed by atoms with van der Waals surface area (Å²) in [6.45, 7) is 0.311. The first-order valence-corrected chi connectivity index (χ1v) is 7.00. The summed E-state index contributed by atoms with van der Waals surface area (Å²) in [6.07, 6.45) is 2.42. The SMILES string of the molecule is N#CCCN(C(=O)c1csc(C#CCO)c1)C1CC1. The monoisotopic (exact) mass is 274 g/mol. The second-order valence-corrected chi connectivity index (χ2v) is 5.21. The van der Waals surface area contributed by atoms with Gasteiger partial charge in [-0.25, -0.2) is 0 Å². The fourth-order valence-corrected chi connectivity index (χ4v) is 2.56. The van der Waals surface area contributed by atoms with Crippen LogP contribution in [-0.2, 0) is 0 Å². The van der Waals surface area contributed by atoms with E-state index in [0.717, 1.165) is 17.7 Å². The standard InChI is InChI=1S/C14H14N2O2S/c15-6-2-7-16(12-4-5-12)14(18)11-9-13(19-10-11)3-1-8-17/h9-10,12,17H,2,4-5,7-8H2. The molecule has 1 aliphatic rings. The number of nitrogens with zero attached hydrogens (tertiary/aromatic N) is 2. The molecule has 2 rings (SSSR count). The first-order valence-electron chi connectivity index (χ1n) is 6.12. The molecule has 0 spiro atoms. The van der Waals surface area contributed by atoms with Crippen LogP contribution in [0.3, 0.4) is 0 Å². The summed E-state index contributed by atoms with van der Waals surface area (Å²) in [6, 6.07) is 4.13. The minimum absolute atomic E-state index is 0.0222. The number of thiophene rings is 1. The zero-order valence-electron chi connectivity index (χ0n) is 10.4. The van der Waals surface area contributed by atoms with Gasteiger partial charge in [0.2, 0.25) is 0 Å². The van der Waals surface area contributed by atoms with Gasteiger partial charge in [0, 0.05) is 18.0 Å². The third kappa shape index (κ3) is 3.57. The van der Waals surface area contributed by atoms with E-state index in [2.05, 4.69) is 17.9 Å². The molecule has 1 aliphatic carbocycles. The number of nitriles is 1. The van der Waals surface area contributed by atoms with Gasteiger partial charge in [-0.15, -0.1) is 11.3 Å². The van der Waals surface area contributed by atoms with Crippen LogP contribution in [0.15, 0.2) is 11.4 Å². The lowest BCUT2D eigenvalue weighted by atomic mass is 10.2. The van der Waals surface area contributed by atoms with Crippen molar-refractivity contribution in [1.29, 1.82) is 5.26 Å². The first kappa shape index (κ1) is 13.6.